The van der Waals surface area contributed by atoms with Gasteiger partial charge in [0.05, 0.1) is 13.2 Å². The van der Waals surface area contributed by atoms with Crippen LogP contribution in [-0.2, 0) is 11.2 Å². The lowest BCUT2D eigenvalue weighted by Crippen LogP contribution is -2.42. The van der Waals surface area contributed by atoms with Crippen LogP contribution < -0.4 is 5.32 Å². The van der Waals surface area contributed by atoms with Crippen LogP contribution in [0.1, 0.15) is 23.9 Å². The smallest absolute Gasteiger partial charge is 0.107 e. The quantitative estimate of drug-likeness (QED) is 0.813. The number of H-pyrrole nitrogens is 1. The monoisotopic (exact) mass is 250 g/mol. The molecule has 3 rings (SSSR count). The first-order valence-corrected chi connectivity index (χ1v) is 6.84. The van der Waals surface area contributed by atoms with E-state index in [4.69, 9.17) is 4.74 Å². The summed E-state index contributed by atoms with van der Waals surface area (Å²) in [6.07, 6.45) is 4.19. The predicted molar refractivity (Wildman–Crippen MR) is 69.8 cm³/mol. The summed E-state index contributed by atoms with van der Waals surface area (Å²) in [6.45, 7) is 4.91. The van der Waals surface area contributed by atoms with E-state index < -0.39 is 0 Å². The lowest BCUT2D eigenvalue weighted by Gasteiger charge is -2.22. The third-order valence-corrected chi connectivity index (χ3v) is 3.92. The van der Waals surface area contributed by atoms with E-state index in [0.29, 0.717) is 12.0 Å². The Bertz CT molecular complexity index is 386. The summed E-state index contributed by atoms with van der Waals surface area (Å²) in [6, 6.07) is 0.406. The topological polar surface area (TPSA) is 53.2 Å². The van der Waals surface area contributed by atoms with Crippen LogP contribution in [0, 0.1) is 0 Å². The van der Waals surface area contributed by atoms with Crippen molar-refractivity contribution < 1.29 is 4.74 Å². The fraction of sp³-hybridized carbons (Fsp3) is 0.769. The van der Waals surface area contributed by atoms with E-state index in [2.05, 4.69) is 27.2 Å². The second kappa shape index (κ2) is 5.38. The zero-order valence-corrected chi connectivity index (χ0v) is 11.0. The van der Waals surface area contributed by atoms with Gasteiger partial charge >= 0.3 is 0 Å². The Labute approximate surface area is 108 Å². The number of ether oxygens (including phenoxy) is 1. The number of aromatic amines is 1. The highest BCUT2D eigenvalue weighted by Gasteiger charge is 2.23. The van der Waals surface area contributed by atoms with Crippen LogP contribution in [0.5, 0.6) is 0 Å². The highest BCUT2D eigenvalue weighted by atomic mass is 16.5. The van der Waals surface area contributed by atoms with E-state index in [9.17, 15) is 0 Å². The molecule has 2 N–H and O–H groups in total. The predicted octanol–water partition coefficient (Wildman–Crippen LogP) is 0.360. The van der Waals surface area contributed by atoms with Gasteiger partial charge in [-0.25, -0.2) is 4.98 Å². The number of aromatic nitrogens is 2. The molecule has 2 aliphatic rings. The zero-order valence-electron chi connectivity index (χ0n) is 11.0. The first-order chi connectivity index (χ1) is 8.81. The summed E-state index contributed by atoms with van der Waals surface area (Å²) in [7, 11) is 2.18. The van der Waals surface area contributed by atoms with Gasteiger partial charge in [0, 0.05) is 43.4 Å². The SMILES string of the molecule is CN1CCC(c2cnc(CC3COCCN3)[nH]2)C1. The minimum Gasteiger partial charge on any atom is -0.379 e. The van der Waals surface area contributed by atoms with Crippen LogP contribution in [0.2, 0.25) is 0 Å². The second-order valence-electron chi connectivity index (χ2n) is 5.46. The van der Waals surface area contributed by atoms with Gasteiger partial charge in [-0.2, -0.15) is 0 Å². The molecule has 0 aromatic carbocycles. The molecule has 0 radical (unpaired) electrons. The molecular formula is C13H22N4O. The Morgan fingerprint density at radius 2 is 2.50 bits per heavy atom. The van der Waals surface area contributed by atoms with Gasteiger partial charge in [0.25, 0.3) is 0 Å². The van der Waals surface area contributed by atoms with Crippen molar-refractivity contribution in [1.29, 1.82) is 0 Å². The number of imidazole rings is 1. The van der Waals surface area contributed by atoms with Crippen molar-refractivity contribution >= 4 is 0 Å². The number of morpholine rings is 1. The lowest BCUT2D eigenvalue weighted by molar-refractivity contribution is 0.0764. The van der Waals surface area contributed by atoms with Crippen molar-refractivity contribution in [2.24, 2.45) is 0 Å². The van der Waals surface area contributed by atoms with Crippen molar-refractivity contribution in [3.8, 4) is 0 Å². The maximum Gasteiger partial charge on any atom is 0.107 e. The van der Waals surface area contributed by atoms with Crippen LogP contribution in [0.3, 0.4) is 0 Å². The minimum absolute atomic E-state index is 0.406. The van der Waals surface area contributed by atoms with E-state index in [0.717, 1.165) is 38.5 Å². The lowest BCUT2D eigenvalue weighted by atomic mass is 10.1. The largest absolute Gasteiger partial charge is 0.379 e. The number of likely N-dealkylation sites (N-methyl/N-ethyl adjacent to an activating group) is 1. The van der Waals surface area contributed by atoms with E-state index in [1.165, 1.54) is 18.7 Å². The molecule has 3 heterocycles. The Kier molecular flexibility index (Phi) is 3.63. The van der Waals surface area contributed by atoms with Crippen molar-refractivity contribution in [2.75, 3.05) is 39.9 Å². The molecule has 0 spiro atoms. The molecule has 5 nitrogen and oxygen atoms in total. The molecule has 2 unspecified atom stereocenters. The summed E-state index contributed by atoms with van der Waals surface area (Å²) >= 11 is 0. The Morgan fingerprint density at radius 3 is 3.22 bits per heavy atom. The second-order valence-corrected chi connectivity index (χ2v) is 5.46. The molecule has 1 aromatic rings. The van der Waals surface area contributed by atoms with Gasteiger partial charge in [0.1, 0.15) is 5.82 Å². The van der Waals surface area contributed by atoms with Gasteiger partial charge in [-0.15, -0.1) is 0 Å². The summed E-state index contributed by atoms with van der Waals surface area (Å²) in [5, 5.41) is 3.46. The van der Waals surface area contributed by atoms with Gasteiger partial charge in [0.2, 0.25) is 0 Å². The average molecular weight is 250 g/mol. The number of nitrogens with zero attached hydrogens (tertiary/aromatic N) is 2. The fourth-order valence-corrected chi connectivity index (χ4v) is 2.86. The summed E-state index contributed by atoms with van der Waals surface area (Å²) in [5.74, 6) is 1.72. The number of hydrogen-bond acceptors (Lipinski definition) is 4. The first-order valence-electron chi connectivity index (χ1n) is 6.84. The van der Waals surface area contributed by atoms with Crippen LogP contribution in [0.25, 0.3) is 0 Å². The third-order valence-electron chi connectivity index (χ3n) is 3.92. The van der Waals surface area contributed by atoms with Gasteiger partial charge in [-0.1, -0.05) is 0 Å². The number of hydrogen-bond donors (Lipinski definition) is 2. The van der Waals surface area contributed by atoms with Crippen LogP contribution >= 0.6 is 0 Å². The molecule has 5 heteroatoms. The van der Waals surface area contributed by atoms with Crippen molar-refractivity contribution in [3.63, 3.8) is 0 Å². The summed E-state index contributed by atoms with van der Waals surface area (Å²) in [4.78, 5) is 10.4. The molecule has 2 atom stereocenters. The van der Waals surface area contributed by atoms with Crippen molar-refractivity contribution in [1.82, 2.24) is 20.2 Å². The van der Waals surface area contributed by atoms with Crippen LogP contribution in [0.15, 0.2) is 6.20 Å². The van der Waals surface area contributed by atoms with Gasteiger partial charge < -0.3 is 19.9 Å². The fourth-order valence-electron chi connectivity index (χ4n) is 2.86. The molecule has 1 aromatic heterocycles. The van der Waals surface area contributed by atoms with Gasteiger partial charge in [0.15, 0.2) is 0 Å². The third kappa shape index (κ3) is 2.74. The Hall–Kier alpha value is -0.910. The first kappa shape index (κ1) is 12.1. The zero-order chi connectivity index (χ0) is 12.4. The molecule has 0 bridgehead atoms. The number of likely N-dealkylation sites (tertiary alicyclic amines) is 1. The van der Waals surface area contributed by atoms with E-state index in [1.807, 2.05) is 6.20 Å². The Balaban J connectivity index is 1.59. The highest BCUT2D eigenvalue weighted by Crippen LogP contribution is 2.24. The number of rotatable bonds is 3. The van der Waals surface area contributed by atoms with Crippen LogP contribution in [0.4, 0.5) is 0 Å². The number of nitrogens with one attached hydrogen (secondary N) is 2. The minimum atomic E-state index is 0.406. The molecule has 2 aliphatic heterocycles. The van der Waals surface area contributed by atoms with Crippen molar-refractivity contribution in [3.05, 3.63) is 17.7 Å². The maximum atomic E-state index is 5.46. The van der Waals surface area contributed by atoms with Gasteiger partial charge in [-0.3, -0.25) is 0 Å². The molecule has 0 aliphatic carbocycles. The van der Waals surface area contributed by atoms with E-state index >= 15 is 0 Å². The molecule has 2 saturated heterocycles. The normalized spacial score (nSPS) is 29.8. The summed E-state index contributed by atoms with van der Waals surface area (Å²) in [5.41, 5.74) is 1.30. The molecular weight excluding hydrogens is 228 g/mol. The van der Waals surface area contributed by atoms with E-state index in [-0.39, 0.29) is 0 Å². The highest BCUT2D eigenvalue weighted by molar-refractivity contribution is 5.11. The average Bonchev–Trinajstić information content (AvgIpc) is 2.99. The maximum absolute atomic E-state index is 5.46. The molecule has 18 heavy (non-hydrogen) atoms. The standard InChI is InChI=1S/C13H22N4O/c1-17-4-2-10(8-17)12-7-15-13(16-12)6-11-9-18-5-3-14-11/h7,10-11,14H,2-6,8-9H2,1H3,(H,15,16). The van der Waals surface area contributed by atoms with E-state index in [1.54, 1.807) is 0 Å². The molecule has 0 saturated carbocycles. The molecule has 100 valence electrons. The van der Waals surface area contributed by atoms with Crippen LogP contribution in [-0.4, -0.2) is 60.8 Å². The van der Waals surface area contributed by atoms with Gasteiger partial charge in [-0.05, 0) is 20.0 Å². The Morgan fingerprint density at radius 1 is 1.56 bits per heavy atom. The summed E-state index contributed by atoms with van der Waals surface area (Å²) < 4.78 is 5.46. The molecule has 2 fully saturated rings. The molecule has 0 amide bonds. The van der Waals surface area contributed by atoms with Crippen molar-refractivity contribution in [2.45, 2.75) is 24.8 Å².